The van der Waals surface area contributed by atoms with Crippen LogP contribution in [0, 0.1) is 0 Å². The minimum Gasteiger partial charge on any atom is -0.367 e. The first kappa shape index (κ1) is 22.3. The topological polar surface area (TPSA) is 52.7 Å². The van der Waals surface area contributed by atoms with Crippen LogP contribution < -0.4 is 10.2 Å². The number of carbonyl (C=O) groups excluding carboxylic acids is 2. The van der Waals surface area contributed by atoms with Crippen LogP contribution in [-0.4, -0.2) is 28.4 Å². The first-order valence-corrected chi connectivity index (χ1v) is 11.8. The molecule has 0 spiro atoms. The van der Waals surface area contributed by atoms with E-state index in [0.29, 0.717) is 6.54 Å². The summed E-state index contributed by atoms with van der Waals surface area (Å²) >= 11 is 11.6. The molecule has 0 aliphatic carbocycles. The molecule has 170 valence electrons. The maximum atomic E-state index is 13.2. The molecule has 1 saturated heterocycles. The van der Waals surface area contributed by atoms with Crippen LogP contribution in [0.25, 0.3) is 6.08 Å². The lowest BCUT2D eigenvalue weighted by molar-refractivity contribution is -0.129. The summed E-state index contributed by atoms with van der Waals surface area (Å²) in [6, 6.07) is 23.5. The largest absolute Gasteiger partial charge is 0.367 e. The second-order valence-corrected chi connectivity index (χ2v) is 9.14. The molecule has 0 saturated carbocycles. The smallest absolute Gasteiger partial charge is 0.265 e. The molecule has 2 heterocycles. The van der Waals surface area contributed by atoms with Gasteiger partial charge in [0.15, 0.2) is 5.11 Å². The molecule has 0 atom stereocenters. The fraction of sp³-hybridized carbons (Fsp3) is 0.148. The van der Waals surface area contributed by atoms with Gasteiger partial charge in [0, 0.05) is 23.8 Å². The molecule has 1 N–H and O–H groups in total. The van der Waals surface area contributed by atoms with Crippen molar-refractivity contribution >= 4 is 52.5 Å². The number of thiocarbonyl (C=S) groups is 1. The number of fused-ring (bicyclic) bond motifs is 1. The molecule has 2 amide bonds. The van der Waals surface area contributed by atoms with Crippen molar-refractivity contribution in [2.75, 3.05) is 11.4 Å². The zero-order chi connectivity index (χ0) is 23.7. The first-order chi connectivity index (χ1) is 16.5. The van der Waals surface area contributed by atoms with E-state index < -0.39 is 11.8 Å². The Labute approximate surface area is 208 Å². The lowest BCUT2D eigenvalue weighted by Gasteiger charge is -2.29. The van der Waals surface area contributed by atoms with Gasteiger partial charge >= 0.3 is 0 Å². The number of amides is 2. The molecule has 0 bridgehead atoms. The summed E-state index contributed by atoms with van der Waals surface area (Å²) in [5.74, 6) is -0.862. The van der Waals surface area contributed by atoms with Crippen LogP contribution in [0.3, 0.4) is 0 Å². The van der Waals surface area contributed by atoms with Crippen molar-refractivity contribution in [1.82, 2.24) is 10.2 Å². The Balaban J connectivity index is 1.38. The Hall–Kier alpha value is -3.48. The van der Waals surface area contributed by atoms with Gasteiger partial charge in [-0.25, -0.2) is 0 Å². The standard InChI is InChI=1S/C27H22ClN3O2S/c28-23-9-5-4-8-21(23)17-30-13-12-20-14-19(10-11-24(20)30)15-22-25(32)29-27(34)31(26(22)33)16-18-6-2-1-3-7-18/h1-11,14-15H,12-13,16-17H2,(H,29,32,34)/b22-15+. The van der Waals surface area contributed by atoms with Crippen molar-refractivity contribution in [3.05, 3.63) is 106 Å². The number of anilines is 1. The summed E-state index contributed by atoms with van der Waals surface area (Å²) in [4.78, 5) is 29.5. The molecule has 5 rings (SSSR count). The van der Waals surface area contributed by atoms with E-state index in [1.165, 1.54) is 10.5 Å². The van der Waals surface area contributed by atoms with Gasteiger partial charge in [-0.05, 0) is 65.2 Å². The van der Waals surface area contributed by atoms with Gasteiger partial charge in [0.05, 0.1) is 6.54 Å². The predicted molar refractivity (Wildman–Crippen MR) is 138 cm³/mol. The first-order valence-electron chi connectivity index (χ1n) is 11.0. The number of nitrogens with zero attached hydrogens (tertiary/aromatic N) is 2. The maximum Gasteiger partial charge on any atom is 0.265 e. The molecule has 0 aromatic heterocycles. The molecule has 0 unspecified atom stereocenters. The summed E-state index contributed by atoms with van der Waals surface area (Å²) in [7, 11) is 0. The third-order valence-corrected chi connectivity index (χ3v) is 6.79. The summed E-state index contributed by atoms with van der Waals surface area (Å²) in [5, 5.41) is 3.54. The second kappa shape index (κ2) is 9.41. The van der Waals surface area contributed by atoms with Gasteiger partial charge in [-0.3, -0.25) is 19.8 Å². The summed E-state index contributed by atoms with van der Waals surface area (Å²) < 4.78 is 0. The highest BCUT2D eigenvalue weighted by Crippen LogP contribution is 2.32. The number of benzene rings is 3. The Morgan fingerprint density at radius 2 is 1.74 bits per heavy atom. The molecule has 2 aliphatic heterocycles. The van der Waals surface area contributed by atoms with Crippen LogP contribution in [0.15, 0.2) is 78.4 Å². The molecule has 2 aliphatic rings. The summed E-state index contributed by atoms with van der Waals surface area (Å²) in [6.07, 6.45) is 2.54. The SMILES string of the molecule is O=C1NC(=S)N(Cc2ccccc2)C(=O)/C1=C/c1ccc2c(c1)CCN2Cc1ccccc1Cl. The molecule has 5 nitrogen and oxygen atoms in total. The molecule has 34 heavy (non-hydrogen) atoms. The second-order valence-electron chi connectivity index (χ2n) is 8.35. The van der Waals surface area contributed by atoms with E-state index >= 15 is 0 Å². The molecule has 1 fully saturated rings. The molecular formula is C27H22ClN3O2S. The lowest BCUT2D eigenvalue weighted by atomic mass is 10.0. The van der Waals surface area contributed by atoms with Gasteiger partial charge in [-0.1, -0.05) is 66.2 Å². The third-order valence-electron chi connectivity index (χ3n) is 6.09. The number of rotatable bonds is 5. The Kier molecular flexibility index (Phi) is 6.18. The van der Waals surface area contributed by atoms with Crippen molar-refractivity contribution in [2.24, 2.45) is 0 Å². The number of carbonyl (C=O) groups is 2. The average molecular weight is 488 g/mol. The van der Waals surface area contributed by atoms with Crippen LogP contribution in [-0.2, 0) is 29.1 Å². The summed E-state index contributed by atoms with van der Waals surface area (Å²) in [6.45, 7) is 1.93. The zero-order valence-corrected chi connectivity index (χ0v) is 19.9. The maximum absolute atomic E-state index is 13.2. The Bertz CT molecular complexity index is 1320. The van der Waals surface area contributed by atoms with E-state index in [9.17, 15) is 9.59 Å². The van der Waals surface area contributed by atoms with Gasteiger partial charge in [0.1, 0.15) is 5.57 Å². The molecule has 0 radical (unpaired) electrons. The predicted octanol–water partition coefficient (Wildman–Crippen LogP) is 4.73. The minimum absolute atomic E-state index is 0.0791. The average Bonchev–Trinajstić information content (AvgIpc) is 3.23. The van der Waals surface area contributed by atoms with Gasteiger partial charge < -0.3 is 4.90 Å². The Morgan fingerprint density at radius 3 is 2.53 bits per heavy atom. The van der Waals surface area contributed by atoms with E-state index in [1.54, 1.807) is 6.08 Å². The molecular weight excluding hydrogens is 466 g/mol. The van der Waals surface area contributed by atoms with Gasteiger partial charge in [-0.15, -0.1) is 0 Å². The van der Waals surface area contributed by atoms with Crippen LogP contribution in [0.5, 0.6) is 0 Å². The Morgan fingerprint density at radius 1 is 0.971 bits per heavy atom. The van der Waals surface area contributed by atoms with Crippen LogP contribution in [0.2, 0.25) is 5.02 Å². The number of hydrogen-bond donors (Lipinski definition) is 1. The highest BCUT2D eigenvalue weighted by Gasteiger charge is 2.33. The van der Waals surface area contributed by atoms with E-state index in [-0.39, 0.29) is 10.7 Å². The number of halogens is 1. The number of hydrogen-bond acceptors (Lipinski definition) is 4. The van der Waals surface area contributed by atoms with E-state index in [0.717, 1.165) is 46.9 Å². The van der Waals surface area contributed by atoms with E-state index in [2.05, 4.69) is 10.2 Å². The highest BCUT2D eigenvalue weighted by atomic mass is 35.5. The fourth-order valence-corrected chi connectivity index (χ4v) is 4.78. The fourth-order valence-electron chi connectivity index (χ4n) is 4.35. The van der Waals surface area contributed by atoms with E-state index in [1.807, 2.05) is 72.8 Å². The van der Waals surface area contributed by atoms with Crippen molar-refractivity contribution < 1.29 is 9.59 Å². The van der Waals surface area contributed by atoms with Crippen molar-refractivity contribution in [3.63, 3.8) is 0 Å². The minimum atomic E-state index is -0.472. The van der Waals surface area contributed by atoms with Gasteiger partial charge in [-0.2, -0.15) is 0 Å². The normalized spacial score (nSPS) is 16.7. The quantitative estimate of drug-likeness (QED) is 0.321. The van der Waals surface area contributed by atoms with Gasteiger partial charge in [0.2, 0.25) is 0 Å². The number of nitrogens with one attached hydrogen (secondary N) is 1. The van der Waals surface area contributed by atoms with Gasteiger partial charge in [0.25, 0.3) is 11.8 Å². The van der Waals surface area contributed by atoms with Crippen LogP contribution in [0.1, 0.15) is 22.3 Å². The van der Waals surface area contributed by atoms with Crippen molar-refractivity contribution in [3.8, 4) is 0 Å². The highest BCUT2D eigenvalue weighted by molar-refractivity contribution is 7.80. The molecule has 3 aromatic rings. The molecule has 3 aromatic carbocycles. The van der Waals surface area contributed by atoms with Crippen molar-refractivity contribution in [1.29, 1.82) is 0 Å². The zero-order valence-electron chi connectivity index (χ0n) is 18.3. The monoisotopic (exact) mass is 487 g/mol. The van der Waals surface area contributed by atoms with Crippen LogP contribution >= 0.6 is 23.8 Å². The summed E-state index contributed by atoms with van der Waals surface area (Å²) in [5.41, 5.74) is 5.24. The lowest BCUT2D eigenvalue weighted by Crippen LogP contribution is -2.53. The third kappa shape index (κ3) is 4.47. The van der Waals surface area contributed by atoms with E-state index in [4.69, 9.17) is 23.8 Å². The van der Waals surface area contributed by atoms with Crippen molar-refractivity contribution in [2.45, 2.75) is 19.5 Å². The molecule has 7 heteroatoms. The van der Waals surface area contributed by atoms with Crippen LogP contribution in [0.4, 0.5) is 5.69 Å².